The number of fused-ring (bicyclic) bond motifs is 1. The van der Waals surface area contributed by atoms with Gasteiger partial charge in [-0.05, 0) is 34.7 Å². The number of thioether (sulfide) groups is 1. The summed E-state index contributed by atoms with van der Waals surface area (Å²) in [5.41, 5.74) is 0.872. The third-order valence-electron chi connectivity index (χ3n) is 4.82. The normalized spacial score (nSPS) is 15.2. The van der Waals surface area contributed by atoms with E-state index in [1.807, 2.05) is 36.4 Å². The third-order valence-corrected chi connectivity index (χ3v) is 5.72. The Hall–Kier alpha value is -3.65. The van der Waals surface area contributed by atoms with Gasteiger partial charge in [0.2, 0.25) is 0 Å². The number of ether oxygens (including phenoxy) is 1. The first kappa shape index (κ1) is 19.7. The van der Waals surface area contributed by atoms with E-state index in [1.54, 1.807) is 31.4 Å². The molecule has 0 N–H and O–H groups in total. The monoisotopic (exact) mass is 420 g/mol. The largest absolute Gasteiger partial charge is 0.496 e. The van der Waals surface area contributed by atoms with Crippen molar-refractivity contribution < 1.29 is 19.2 Å². The molecule has 0 radical (unpaired) electrons. The van der Waals surface area contributed by atoms with Crippen LogP contribution in [0.3, 0.4) is 0 Å². The summed E-state index contributed by atoms with van der Waals surface area (Å²) in [4.78, 5) is 37.5. The summed E-state index contributed by atoms with van der Waals surface area (Å²) in [6.45, 7) is -0.161. The van der Waals surface area contributed by atoms with Crippen molar-refractivity contribution in [3.8, 4) is 5.75 Å². The van der Waals surface area contributed by atoms with Gasteiger partial charge in [0, 0.05) is 17.2 Å². The second-order valence-electron chi connectivity index (χ2n) is 6.56. The van der Waals surface area contributed by atoms with E-state index in [1.165, 1.54) is 6.07 Å². The Labute approximate surface area is 176 Å². The number of amides is 2. The van der Waals surface area contributed by atoms with Crippen molar-refractivity contribution in [2.45, 2.75) is 6.54 Å². The van der Waals surface area contributed by atoms with Gasteiger partial charge in [-0.1, -0.05) is 48.5 Å². The summed E-state index contributed by atoms with van der Waals surface area (Å²) in [5.74, 6) is 0.0948. The number of benzene rings is 3. The van der Waals surface area contributed by atoms with E-state index < -0.39 is 16.1 Å². The number of methoxy groups -OCH3 is 1. The summed E-state index contributed by atoms with van der Waals surface area (Å²) in [7, 11) is 1.54. The van der Waals surface area contributed by atoms with E-state index in [0.29, 0.717) is 16.9 Å². The van der Waals surface area contributed by atoms with Crippen molar-refractivity contribution in [3.63, 3.8) is 0 Å². The van der Waals surface area contributed by atoms with Crippen LogP contribution in [0.4, 0.5) is 10.5 Å². The molecule has 0 spiro atoms. The highest BCUT2D eigenvalue weighted by Gasteiger charge is 2.36. The molecule has 0 atom stereocenters. The Morgan fingerprint density at radius 2 is 1.80 bits per heavy atom. The molecule has 0 aromatic heterocycles. The minimum Gasteiger partial charge on any atom is -0.496 e. The van der Waals surface area contributed by atoms with Gasteiger partial charge in [-0.15, -0.1) is 0 Å². The van der Waals surface area contributed by atoms with Crippen molar-refractivity contribution in [2.75, 3.05) is 7.11 Å². The van der Waals surface area contributed by atoms with Crippen molar-refractivity contribution in [2.24, 2.45) is 0 Å². The highest BCUT2D eigenvalue weighted by molar-refractivity contribution is 8.18. The first-order valence-corrected chi connectivity index (χ1v) is 9.84. The third kappa shape index (κ3) is 3.53. The minimum absolute atomic E-state index is 0.128. The summed E-state index contributed by atoms with van der Waals surface area (Å²) in [5, 5.41) is 12.6. The standard InChI is InChI=1S/C22H16N2O5S/c1-29-19-11-10-14-6-2-4-8-16(14)17(19)12-20-21(25)23(22(26)30-20)13-15-7-3-5-9-18(15)24(27)28/h2-12H,13H2,1H3/b20-12-. The van der Waals surface area contributed by atoms with Gasteiger partial charge in [-0.3, -0.25) is 24.6 Å². The number of rotatable bonds is 5. The smallest absolute Gasteiger partial charge is 0.293 e. The van der Waals surface area contributed by atoms with Crippen molar-refractivity contribution in [1.29, 1.82) is 0 Å². The van der Waals surface area contributed by atoms with E-state index in [0.717, 1.165) is 27.4 Å². The number of carbonyl (C=O) groups excluding carboxylic acids is 2. The number of nitrogens with zero attached hydrogens (tertiary/aromatic N) is 2. The SMILES string of the molecule is COc1ccc2ccccc2c1/C=C1\SC(=O)N(Cc2ccccc2[N+](=O)[O-])C1=O. The maximum absolute atomic E-state index is 12.9. The predicted octanol–water partition coefficient (Wildman–Crippen LogP) is 4.99. The molecule has 0 saturated carbocycles. The van der Waals surface area contributed by atoms with Crippen LogP contribution in [0.15, 0.2) is 65.6 Å². The number of nitro benzene ring substituents is 1. The fourth-order valence-electron chi connectivity index (χ4n) is 3.36. The van der Waals surface area contributed by atoms with Gasteiger partial charge in [0.05, 0.1) is 23.5 Å². The van der Waals surface area contributed by atoms with Crippen molar-refractivity contribution >= 4 is 45.4 Å². The molecule has 7 nitrogen and oxygen atoms in total. The fraction of sp³-hybridized carbons (Fsp3) is 0.0909. The summed E-state index contributed by atoms with van der Waals surface area (Å²) >= 11 is 0.811. The number of carbonyl (C=O) groups is 2. The van der Waals surface area contributed by atoms with Crippen LogP contribution >= 0.6 is 11.8 Å². The van der Waals surface area contributed by atoms with Crippen LogP contribution in [0, 0.1) is 10.1 Å². The zero-order valence-corrected chi connectivity index (χ0v) is 16.7. The molecule has 1 heterocycles. The molecule has 1 fully saturated rings. The zero-order valence-electron chi connectivity index (χ0n) is 15.9. The Morgan fingerprint density at radius 1 is 1.07 bits per heavy atom. The molecule has 1 saturated heterocycles. The molecule has 8 heteroatoms. The molecule has 3 aromatic carbocycles. The lowest BCUT2D eigenvalue weighted by molar-refractivity contribution is -0.385. The van der Waals surface area contributed by atoms with E-state index >= 15 is 0 Å². The average Bonchev–Trinajstić information content (AvgIpc) is 3.01. The molecule has 30 heavy (non-hydrogen) atoms. The second-order valence-corrected chi connectivity index (χ2v) is 7.55. The fourth-order valence-corrected chi connectivity index (χ4v) is 4.18. The van der Waals surface area contributed by atoms with E-state index in [4.69, 9.17) is 4.74 Å². The molecule has 0 unspecified atom stereocenters. The van der Waals surface area contributed by atoms with Crippen LogP contribution in [-0.2, 0) is 11.3 Å². The topological polar surface area (TPSA) is 89.8 Å². The quantitative estimate of drug-likeness (QED) is 0.328. The van der Waals surface area contributed by atoms with Crippen LogP contribution in [0.5, 0.6) is 5.75 Å². The minimum atomic E-state index is -0.523. The Kier molecular flexibility index (Phi) is 5.24. The number of hydrogen-bond donors (Lipinski definition) is 0. The van der Waals surface area contributed by atoms with Gasteiger partial charge in [0.1, 0.15) is 5.75 Å². The molecular weight excluding hydrogens is 404 g/mol. The van der Waals surface area contributed by atoms with E-state index in [-0.39, 0.29) is 17.1 Å². The van der Waals surface area contributed by atoms with Crippen LogP contribution in [0.1, 0.15) is 11.1 Å². The number of nitro groups is 1. The summed E-state index contributed by atoms with van der Waals surface area (Å²) < 4.78 is 5.45. The van der Waals surface area contributed by atoms with Gasteiger partial charge in [-0.2, -0.15) is 0 Å². The van der Waals surface area contributed by atoms with Gasteiger partial charge < -0.3 is 4.74 Å². The molecule has 2 amide bonds. The van der Waals surface area contributed by atoms with Crippen LogP contribution < -0.4 is 4.74 Å². The molecule has 3 aromatic rings. The van der Waals surface area contributed by atoms with Crippen LogP contribution in [0.25, 0.3) is 16.8 Å². The number of para-hydroxylation sites is 1. The first-order chi connectivity index (χ1) is 14.5. The van der Waals surface area contributed by atoms with Gasteiger partial charge in [0.25, 0.3) is 16.8 Å². The van der Waals surface area contributed by atoms with Crippen LogP contribution in [-0.4, -0.2) is 28.1 Å². The maximum atomic E-state index is 12.9. The van der Waals surface area contributed by atoms with Crippen molar-refractivity contribution in [1.82, 2.24) is 4.90 Å². The van der Waals surface area contributed by atoms with Gasteiger partial charge in [0.15, 0.2) is 0 Å². The summed E-state index contributed by atoms with van der Waals surface area (Å²) in [6, 6.07) is 17.5. The Bertz CT molecular complexity index is 1220. The first-order valence-electron chi connectivity index (χ1n) is 9.03. The number of hydrogen-bond acceptors (Lipinski definition) is 6. The zero-order chi connectivity index (χ0) is 21.3. The lowest BCUT2D eigenvalue weighted by atomic mass is 10.0. The second kappa shape index (κ2) is 8.00. The molecule has 1 aliphatic heterocycles. The molecule has 4 rings (SSSR count). The molecule has 0 bridgehead atoms. The van der Waals surface area contributed by atoms with Crippen molar-refractivity contribution in [3.05, 3.63) is 86.8 Å². The molecule has 150 valence electrons. The van der Waals surface area contributed by atoms with Crippen LogP contribution in [0.2, 0.25) is 0 Å². The molecule has 1 aliphatic rings. The maximum Gasteiger partial charge on any atom is 0.293 e. The Morgan fingerprint density at radius 3 is 2.57 bits per heavy atom. The Balaban J connectivity index is 1.71. The van der Waals surface area contributed by atoms with E-state index in [2.05, 4.69) is 0 Å². The highest BCUT2D eigenvalue weighted by Crippen LogP contribution is 2.37. The van der Waals surface area contributed by atoms with Gasteiger partial charge >= 0.3 is 0 Å². The highest BCUT2D eigenvalue weighted by atomic mass is 32.2. The molecule has 0 aliphatic carbocycles. The van der Waals surface area contributed by atoms with Gasteiger partial charge in [-0.25, -0.2) is 0 Å². The lowest BCUT2D eigenvalue weighted by Crippen LogP contribution is -2.27. The lowest BCUT2D eigenvalue weighted by Gasteiger charge is -2.12. The van der Waals surface area contributed by atoms with E-state index in [9.17, 15) is 19.7 Å². The average molecular weight is 420 g/mol. The number of imide groups is 1. The predicted molar refractivity (Wildman–Crippen MR) is 115 cm³/mol. The summed E-state index contributed by atoms with van der Waals surface area (Å²) in [6.07, 6.45) is 1.64. The molecular formula is C22H16N2O5S.